The van der Waals surface area contributed by atoms with Gasteiger partial charge in [0.15, 0.2) is 6.10 Å². The number of halogens is 2. The molecular formula is C18H14F2O4. The second kappa shape index (κ2) is 6.03. The summed E-state index contributed by atoms with van der Waals surface area (Å²) in [4.78, 5) is 24.9. The third kappa shape index (κ3) is 2.44. The van der Waals surface area contributed by atoms with Crippen molar-refractivity contribution in [3.8, 4) is 5.75 Å². The third-order valence-electron chi connectivity index (χ3n) is 3.81. The van der Waals surface area contributed by atoms with E-state index in [1.807, 2.05) is 0 Å². The number of ether oxygens (including phenoxy) is 2. The fourth-order valence-corrected chi connectivity index (χ4v) is 2.65. The highest BCUT2D eigenvalue weighted by atomic mass is 19.1. The van der Waals surface area contributed by atoms with E-state index in [1.54, 1.807) is 12.1 Å². The van der Waals surface area contributed by atoms with Gasteiger partial charge in [-0.05, 0) is 36.8 Å². The fraction of sp³-hybridized carbons (Fsp3) is 0.222. The Morgan fingerprint density at radius 1 is 1.21 bits per heavy atom. The van der Waals surface area contributed by atoms with Gasteiger partial charge in [-0.25, -0.2) is 13.6 Å². The molecule has 24 heavy (non-hydrogen) atoms. The highest BCUT2D eigenvalue weighted by Gasteiger charge is 2.60. The van der Waals surface area contributed by atoms with Crippen LogP contribution in [0.4, 0.5) is 8.78 Å². The van der Waals surface area contributed by atoms with Crippen LogP contribution in [0.5, 0.6) is 5.75 Å². The number of fused-ring (bicyclic) bond motifs is 1. The molecule has 0 saturated carbocycles. The lowest BCUT2D eigenvalue weighted by Crippen LogP contribution is -2.53. The van der Waals surface area contributed by atoms with Gasteiger partial charge in [-0.15, -0.1) is 0 Å². The maximum absolute atomic E-state index is 15.6. The highest BCUT2D eigenvalue weighted by molar-refractivity contribution is 6.18. The van der Waals surface area contributed by atoms with Gasteiger partial charge < -0.3 is 9.47 Å². The monoisotopic (exact) mass is 332 g/mol. The summed E-state index contributed by atoms with van der Waals surface area (Å²) in [6.07, 6.45) is -1.56. The van der Waals surface area contributed by atoms with E-state index >= 15 is 4.39 Å². The summed E-state index contributed by atoms with van der Waals surface area (Å²) >= 11 is 0. The number of alkyl halides is 1. The average molecular weight is 332 g/mol. The van der Waals surface area contributed by atoms with Gasteiger partial charge in [-0.1, -0.05) is 24.3 Å². The summed E-state index contributed by atoms with van der Waals surface area (Å²) in [5.41, 5.74) is -2.91. The highest BCUT2D eigenvalue weighted by Crippen LogP contribution is 2.44. The van der Waals surface area contributed by atoms with E-state index in [0.29, 0.717) is 0 Å². The summed E-state index contributed by atoms with van der Waals surface area (Å²) in [7, 11) is 0. The molecule has 0 fully saturated rings. The summed E-state index contributed by atoms with van der Waals surface area (Å²) < 4.78 is 39.1. The summed E-state index contributed by atoms with van der Waals surface area (Å²) in [5.74, 6) is -2.72. The SMILES string of the molecule is CCOC(=O)[C@]1(F)C(=O)c2ccccc2O[C@@H]1c1ccc(F)cc1. The third-order valence-corrected chi connectivity index (χ3v) is 3.81. The van der Waals surface area contributed by atoms with Gasteiger partial charge in [0.05, 0.1) is 12.2 Å². The van der Waals surface area contributed by atoms with Crippen molar-refractivity contribution in [3.05, 3.63) is 65.5 Å². The Morgan fingerprint density at radius 3 is 2.54 bits per heavy atom. The van der Waals surface area contributed by atoms with Crippen LogP contribution < -0.4 is 4.74 Å². The maximum atomic E-state index is 15.6. The molecule has 1 heterocycles. The van der Waals surface area contributed by atoms with Crippen LogP contribution in [0.2, 0.25) is 0 Å². The van der Waals surface area contributed by atoms with Gasteiger partial charge in [-0.3, -0.25) is 4.79 Å². The van der Waals surface area contributed by atoms with E-state index in [1.165, 1.54) is 31.2 Å². The molecular weight excluding hydrogens is 318 g/mol. The molecule has 6 heteroatoms. The molecule has 2 atom stereocenters. The Labute approximate surface area is 137 Å². The summed E-state index contributed by atoms with van der Waals surface area (Å²) in [6, 6.07) is 10.8. The zero-order chi connectivity index (χ0) is 17.3. The molecule has 1 aliphatic heterocycles. The smallest absolute Gasteiger partial charge is 0.356 e. The number of carbonyl (C=O) groups is 2. The lowest BCUT2D eigenvalue weighted by Gasteiger charge is -2.35. The minimum absolute atomic E-state index is 0.0357. The van der Waals surface area contributed by atoms with Gasteiger partial charge in [-0.2, -0.15) is 0 Å². The Kier molecular flexibility index (Phi) is 4.05. The predicted molar refractivity (Wildman–Crippen MR) is 81.0 cm³/mol. The molecule has 0 unspecified atom stereocenters. The van der Waals surface area contributed by atoms with Gasteiger partial charge in [0, 0.05) is 0 Å². The van der Waals surface area contributed by atoms with Crippen LogP contribution >= 0.6 is 0 Å². The zero-order valence-electron chi connectivity index (χ0n) is 12.8. The normalized spacial score (nSPS) is 22.5. The Bertz CT molecular complexity index is 788. The first kappa shape index (κ1) is 16.1. The Hall–Kier alpha value is -2.76. The molecule has 2 aromatic carbocycles. The van der Waals surface area contributed by atoms with E-state index < -0.39 is 29.3 Å². The minimum atomic E-state index is -3.04. The zero-order valence-corrected chi connectivity index (χ0v) is 12.8. The van der Waals surface area contributed by atoms with E-state index in [4.69, 9.17) is 9.47 Å². The van der Waals surface area contributed by atoms with Gasteiger partial charge >= 0.3 is 11.6 Å². The molecule has 0 radical (unpaired) electrons. The molecule has 0 saturated heterocycles. The van der Waals surface area contributed by atoms with Gasteiger partial charge in [0.1, 0.15) is 11.6 Å². The molecule has 124 valence electrons. The fourth-order valence-electron chi connectivity index (χ4n) is 2.65. The van der Waals surface area contributed by atoms with Crippen LogP contribution in [0.1, 0.15) is 28.9 Å². The first-order valence-corrected chi connectivity index (χ1v) is 7.40. The number of hydrogen-bond donors (Lipinski definition) is 0. The van der Waals surface area contributed by atoms with Crippen molar-refractivity contribution in [2.75, 3.05) is 6.61 Å². The number of benzene rings is 2. The van der Waals surface area contributed by atoms with E-state index in [9.17, 15) is 14.0 Å². The van der Waals surface area contributed by atoms with Crippen molar-refractivity contribution in [1.82, 2.24) is 0 Å². The molecule has 3 rings (SSSR count). The number of carbonyl (C=O) groups excluding carboxylic acids is 2. The number of hydrogen-bond acceptors (Lipinski definition) is 4. The first-order valence-electron chi connectivity index (χ1n) is 7.40. The largest absolute Gasteiger partial charge is 0.480 e. The Morgan fingerprint density at radius 2 is 1.88 bits per heavy atom. The van der Waals surface area contributed by atoms with Crippen molar-refractivity contribution in [2.24, 2.45) is 0 Å². The van der Waals surface area contributed by atoms with E-state index in [2.05, 4.69) is 0 Å². The van der Waals surface area contributed by atoms with Crippen molar-refractivity contribution in [1.29, 1.82) is 0 Å². The van der Waals surface area contributed by atoms with E-state index in [0.717, 1.165) is 12.1 Å². The van der Waals surface area contributed by atoms with Crippen LogP contribution in [0.15, 0.2) is 48.5 Å². The van der Waals surface area contributed by atoms with Gasteiger partial charge in [0.2, 0.25) is 5.78 Å². The molecule has 0 aliphatic carbocycles. The number of para-hydroxylation sites is 1. The first-order chi connectivity index (χ1) is 11.5. The molecule has 2 aromatic rings. The van der Waals surface area contributed by atoms with Crippen LogP contribution in [-0.2, 0) is 9.53 Å². The second-order valence-corrected chi connectivity index (χ2v) is 5.31. The van der Waals surface area contributed by atoms with Crippen molar-refractivity contribution in [3.63, 3.8) is 0 Å². The van der Waals surface area contributed by atoms with Crippen LogP contribution in [0.3, 0.4) is 0 Å². The molecule has 0 bridgehead atoms. The minimum Gasteiger partial charge on any atom is -0.480 e. The quantitative estimate of drug-likeness (QED) is 0.638. The molecule has 1 aliphatic rings. The lowest BCUT2D eigenvalue weighted by atomic mass is 9.83. The molecule has 0 amide bonds. The van der Waals surface area contributed by atoms with Crippen molar-refractivity contribution >= 4 is 11.8 Å². The second-order valence-electron chi connectivity index (χ2n) is 5.31. The number of rotatable bonds is 3. The molecule has 0 aromatic heterocycles. The average Bonchev–Trinajstić information content (AvgIpc) is 2.59. The summed E-state index contributed by atoms with van der Waals surface area (Å²) in [5, 5.41) is 0. The Balaban J connectivity index is 2.15. The predicted octanol–water partition coefficient (Wildman–Crippen LogP) is 3.41. The number of esters is 1. The standard InChI is InChI=1S/C18H14F2O4/c1-2-23-17(22)18(20)15(21)13-5-3-4-6-14(13)24-16(18)11-7-9-12(19)10-8-11/h3-10,16H,2H2,1H3/t16-,18+/m1/s1. The molecule has 4 nitrogen and oxygen atoms in total. The van der Waals surface area contributed by atoms with Crippen LogP contribution in [-0.4, -0.2) is 24.0 Å². The van der Waals surface area contributed by atoms with E-state index in [-0.39, 0.29) is 23.5 Å². The van der Waals surface area contributed by atoms with Crippen LogP contribution in [0.25, 0.3) is 0 Å². The van der Waals surface area contributed by atoms with Crippen molar-refractivity contribution < 1.29 is 27.8 Å². The molecule has 0 spiro atoms. The maximum Gasteiger partial charge on any atom is 0.356 e. The lowest BCUT2D eigenvalue weighted by molar-refractivity contribution is -0.160. The number of Topliss-reactive ketones (excluding diaryl/α,β-unsaturated/α-hetero) is 1. The van der Waals surface area contributed by atoms with Crippen molar-refractivity contribution in [2.45, 2.75) is 18.7 Å². The number of ketones is 1. The van der Waals surface area contributed by atoms with Crippen LogP contribution in [0, 0.1) is 5.82 Å². The molecule has 0 N–H and O–H groups in total. The van der Waals surface area contributed by atoms with Gasteiger partial charge in [0.25, 0.3) is 0 Å². The summed E-state index contributed by atoms with van der Waals surface area (Å²) in [6.45, 7) is 1.42. The topological polar surface area (TPSA) is 52.6 Å².